The molecule has 2 N–H and O–H groups in total. The zero-order valence-electron chi connectivity index (χ0n) is 13.2. The molecule has 0 saturated heterocycles. The Balaban J connectivity index is 1.89. The normalized spacial score (nSPS) is 21.5. The van der Waals surface area contributed by atoms with Crippen LogP contribution in [0.1, 0.15) is 44.9 Å². The van der Waals surface area contributed by atoms with Gasteiger partial charge in [-0.05, 0) is 38.3 Å². The van der Waals surface area contributed by atoms with Crippen LogP contribution >= 0.6 is 0 Å². The summed E-state index contributed by atoms with van der Waals surface area (Å²) in [5.41, 5.74) is 3.38. The van der Waals surface area contributed by atoms with Crippen molar-refractivity contribution >= 4 is 10.9 Å². The van der Waals surface area contributed by atoms with E-state index < -0.39 is 6.41 Å². The molecule has 0 amide bonds. The minimum Gasteiger partial charge on any atom is -0.357 e. The fraction of sp³-hybridized carbons (Fsp3) is 0.529. The maximum Gasteiger partial charge on any atom is 0.216 e. The van der Waals surface area contributed by atoms with E-state index in [9.17, 15) is 5.11 Å². The molecule has 1 aliphatic heterocycles. The average molecular weight is 288 g/mol. The molecule has 1 aromatic heterocycles. The summed E-state index contributed by atoms with van der Waals surface area (Å²) >= 11 is 0. The van der Waals surface area contributed by atoms with Crippen LogP contribution in [-0.2, 0) is 11.3 Å². The number of nitrogens with one attached hydrogen (secondary N) is 1. The number of aromatic amines is 1. The van der Waals surface area contributed by atoms with Crippen LogP contribution in [0.3, 0.4) is 0 Å². The minimum atomic E-state index is -0.869. The number of para-hydroxylation sites is 1. The highest BCUT2D eigenvalue weighted by atomic mass is 16.6. The third-order valence-electron chi connectivity index (χ3n) is 3.96. The van der Waals surface area contributed by atoms with Gasteiger partial charge < -0.3 is 14.8 Å². The summed E-state index contributed by atoms with van der Waals surface area (Å²) in [6.45, 7) is 9.56. The van der Waals surface area contributed by atoms with E-state index >= 15 is 0 Å². The number of aromatic nitrogens is 1. The Morgan fingerprint density at radius 1 is 1.33 bits per heavy atom. The van der Waals surface area contributed by atoms with Crippen LogP contribution in [0, 0.1) is 0 Å². The van der Waals surface area contributed by atoms with Crippen molar-refractivity contribution in [2.24, 2.45) is 0 Å². The van der Waals surface area contributed by atoms with Crippen molar-refractivity contribution in [3.8, 4) is 0 Å². The van der Waals surface area contributed by atoms with E-state index in [0.717, 1.165) is 6.54 Å². The molecule has 4 heteroatoms. The van der Waals surface area contributed by atoms with Gasteiger partial charge in [-0.25, -0.2) is 4.90 Å². The number of hydrogen-bond donors (Lipinski definition) is 2. The summed E-state index contributed by atoms with van der Waals surface area (Å²) in [6, 6.07) is 8.39. The average Bonchev–Trinajstić information content (AvgIpc) is 2.75. The molecule has 0 fully saturated rings. The zero-order chi connectivity index (χ0) is 15.2. The van der Waals surface area contributed by atoms with Gasteiger partial charge in [0, 0.05) is 29.7 Å². The summed E-state index contributed by atoms with van der Waals surface area (Å²) in [6.07, 6.45) is -0.869. The lowest BCUT2D eigenvalue weighted by Gasteiger charge is -2.37. The Morgan fingerprint density at radius 2 is 2.05 bits per heavy atom. The standard InChI is InChI=1S/C17H24N2O2/c1-11-9-19(16(20)21-17(2,3)4)10-14-15(11)12-7-5-6-8-13(12)18-14/h5-8,11,16,18,20H,9-10H2,1-4H3. The number of aliphatic hydroxyl groups is 1. The third kappa shape index (κ3) is 2.84. The molecule has 114 valence electrons. The quantitative estimate of drug-likeness (QED) is 0.834. The second kappa shape index (κ2) is 5.13. The highest BCUT2D eigenvalue weighted by molar-refractivity contribution is 5.85. The Hall–Kier alpha value is -1.36. The molecule has 0 saturated carbocycles. The molecule has 0 aliphatic carbocycles. The van der Waals surface area contributed by atoms with Gasteiger partial charge in [0.15, 0.2) is 0 Å². The maximum absolute atomic E-state index is 10.3. The molecule has 21 heavy (non-hydrogen) atoms. The van der Waals surface area contributed by atoms with E-state index in [2.05, 4.69) is 30.1 Å². The number of H-pyrrole nitrogens is 1. The zero-order valence-corrected chi connectivity index (χ0v) is 13.2. The highest BCUT2D eigenvalue weighted by Gasteiger charge is 2.31. The van der Waals surface area contributed by atoms with Crippen LogP contribution in [0.15, 0.2) is 24.3 Å². The van der Waals surface area contributed by atoms with E-state index in [4.69, 9.17) is 4.74 Å². The van der Waals surface area contributed by atoms with Crippen LogP contribution in [0.2, 0.25) is 0 Å². The fourth-order valence-electron chi connectivity index (χ4n) is 3.18. The van der Waals surface area contributed by atoms with Crippen molar-refractivity contribution in [1.29, 1.82) is 0 Å². The first kappa shape index (κ1) is 14.6. The Kier molecular flexibility index (Phi) is 3.56. The van der Waals surface area contributed by atoms with Crippen LogP contribution < -0.4 is 0 Å². The molecule has 2 aromatic rings. The Labute approximate surface area is 125 Å². The van der Waals surface area contributed by atoms with Crippen molar-refractivity contribution in [1.82, 2.24) is 9.88 Å². The monoisotopic (exact) mass is 288 g/mol. The third-order valence-corrected chi connectivity index (χ3v) is 3.96. The first-order valence-electron chi connectivity index (χ1n) is 7.54. The predicted molar refractivity (Wildman–Crippen MR) is 84.0 cm³/mol. The molecule has 4 nitrogen and oxygen atoms in total. The van der Waals surface area contributed by atoms with E-state index in [0.29, 0.717) is 12.5 Å². The van der Waals surface area contributed by atoms with E-state index in [1.54, 1.807) is 0 Å². The molecule has 0 spiro atoms. The van der Waals surface area contributed by atoms with Crippen LogP contribution in [-0.4, -0.2) is 33.6 Å². The fourth-order valence-corrected chi connectivity index (χ4v) is 3.18. The van der Waals surface area contributed by atoms with Crippen LogP contribution in [0.4, 0.5) is 0 Å². The van der Waals surface area contributed by atoms with E-state index in [1.807, 2.05) is 31.7 Å². The molecule has 1 aliphatic rings. The molecule has 2 atom stereocenters. The Bertz CT molecular complexity index is 642. The molecular weight excluding hydrogens is 264 g/mol. The van der Waals surface area contributed by atoms with Crippen molar-refractivity contribution in [3.63, 3.8) is 0 Å². The SMILES string of the molecule is CC1CN(C(O)OC(C)(C)C)Cc2[nH]c3ccccc3c21. The lowest BCUT2D eigenvalue weighted by molar-refractivity contribution is -0.244. The lowest BCUT2D eigenvalue weighted by atomic mass is 9.94. The first-order valence-corrected chi connectivity index (χ1v) is 7.54. The van der Waals surface area contributed by atoms with Gasteiger partial charge in [-0.3, -0.25) is 0 Å². The number of rotatable bonds is 2. The van der Waals surface area contributed by atoms with Crippen molar-refractivity contribution < 1.29 is 9.84 Å². The van der Waals surface area contributed by atoms with Gasteiger partial charge in [-0.1, -0.05) is 25.1 Å². The second-order valence-electron chi connectivity index (χ2n) is 6.95. The number of nitrogens with zero attached hydrogens (tertiary/aromatic N) is 1. The van der Waals surface area contributed by atoms with Crippen molar-refractivity contribution in [3.05, 3.63) is 35.5 Å². The topological polar surface area (TPSA) is 48.5 Å². The minimum absolute atomic E-state index is 0.358. The van der Waals surface area contributed by atoms with Crippen molar-refractivity contribution in [2.75, 3.05) is 6.54 Å². The van der Waals surface area contributed by atoms with Crippen LogP contribution in [0.25, 0.3) is 10.9 Å². The molecule has 0 bridgehead atoms. The van der Waals surface area contributed by atoms with E-state index in [1.165, 1.54) is 22.2 Å². The summed E-state index contributed by atoms with van der Waals surface area (Å²) in [5.74, 6) is 0.364. The van der Waals surface area contributed by atoms with Crippen LogP contribution in [0.5, 0.6) is 0 Å². The molecule has 1 aromatic carbocycles. The smallest absolute Gasteiger partial charge is 0.216 e. The van der Waals surface area contributed by atoms with Crippen molar-refractivity contribution in [2.45, 2.75) is 52.2 Å². The van der Waals surface area contributed by atoms with Gasteiger partial charge in [-0.2, -0.15) is 0 Å². The van der Waals surface area contributed by atoms with Gasteiger partial charge in [0.2, 0.25) is 6.41 Å². The molecule has 2 unspecified atom stereocenters. The summed E-state index contributed by atoms with van der Waals surface area (Å²) in [7, 11) is 0. The van der Waals surface area contributed by atoms with E-state index in [-0.39, 0.29) is 5.60 Å². The van der Waals surface area contributed by atoms with Gasteiger partial charge in [0.25, 0.3) is 0 Å². The number of hydrogen-bond acceptors (Lipinski definition) is 3. The number of aliphatic hydroxyl groups excluding tert-OH is 1. The molecule has 3 rings (SSSR count). The summed E-state index contributed by atoms with van der Waals surface area (Å²) in [4.78, 5) is 5.47. The number of ether oxygens (including phenoxy) is 1. The van der Waals surface area contributed by atoms with Gasteiger partial charge in [-0.15, -0.1) is 0 Å². The predicted octanol–water partition coefficient (Wildman–Crippen LogP) is 3.18. The Morgan fingerprint density at radius 3 is 2.76 bits per heavy atom. The number of benzene rings is 1. The molecular formula is C17H24N2O2. The highest BCUT2D eigenvalue weighted by Crippen LogP contribution is 2.35. The van der Waals surface area contributed by atoms with Gasteiger partial charge in [0.1, 0.15) is 0 Å². The molecule has 0 radical (unpaired) electrons. The molecule has 2 heterocycles. The maximum atomic E-state index is 10.3. The largest absolute Gasteiger partial charge is 0.357 e. The summed E-state index contributed by atoms with van der Waals surface area (Å²) in [5, 5.41) is 11.6. The number of fused-ring (bicyclic) bond motifs is 3. The van der Waals surface area contributed by atoms with Gasteiger partial charge in [0.05, 0.1) is 5.60 Å². The first-order chi connectivity index (χ1) is 9.85. The lowest BCUT2D eigenvalue weighted by Crippen LogP contribution is -2.45. The summed E-state index contributed by atoms with van der Waals surface area (Å²) < 4.78 is 5.68. The second-order valence-corrected chi connectivity index (χ2v) is 6.95. The van der Waals surface area contributed by atoms with Gasteiger partial charge >= 0.3 is 0 Å².